The summed E-state index contributed by atoms with van der Waals surface area (Å²) in [5.74, 6) is -0.218. The Morgan fingerprint density at radius 2 is 1.81 bits per heavy atom. The first kappa shape index (κ1) is 19.5. The molecule has 0 unspecified atom stereocenters. The van der Waals surface area contributed by atoms with Gasteiger partial charge in [-0.25, -0.2) is 4.79 Å². The number of amides is 3. The van der Waals surface area contributed by atoms with Crippen molar-refractivity contribution in [1.29, 1.82) is 0 Å². The fourth-order valence-corrected chi connectivity index (χ4v) is 3.24. The Labute approximate surface area is 155 Å². The molecule has 0 saturated carbocycles. The van der Waals surface area contributed by atoms with Crippen LogP contribution in [0.25, 0.3) is 0 Å². The molecule has 1 aromatic carbocycles. The number of alkyl carbamates (subject to hydrolysis) is 1. The van der Waals surface area contributed by atoms with Crippen molar-refractivity contribution in [3.63, 3.8) is 0 Å². The van der Waals surface area contributed by atoms with Gasteiger partial charge < -0.3 is 14.8 Å². The van der Waals surface area contributed by atoms with Crippen molar-refractivity contribution in [1.82, 2.24) is 5.32 Å². The molecule has 1 heterocycles. The van der Waals surface area contributed by atoms with Crippen molar-refractivity contribution in [2.75, 3.05) is 19.0 Å². The number of hydrogen-bond acceptors (Lipinski definition) is 6. The van der Waals surface area contributed by atoms with Crippen molar-refractivity contribution >= 4 is 34.2 Å². The normalized spacial score (nSPS) is 10.1. The molecule has 3 amide bonds. The lowest BCUT2D eigenvalue weighted by atomic mass is 10.1. The molecule has 8 heteroatoms. The number of aryl methyl sites for hydroxylation is 1. The first-order valence-corrected chi connectivity index (χ1v) is 8.71. The van der Waals surface area contributed by atoms with Gasteiger partial charge in [-0.3, -0.25) is 14.9 Å². The highest BCUT2D eigenvalue weighted by Gasteiger charge is 2.22. The molecule has 0 fully saturated rings. The molecule has 138 valence electrons. The van der Waals surface area contributed by atoms with Crippen LogP contribution in [0.3, 0.4) is 0 Å². The molecule has 0 saturated heterocycles. The molecule has 0 aliphatic carbocycles. The smallest absolute Gasteiger partial charge is 0.413 e. The van der Waals surface area contributed by atoms with Gasteiger partial charge in [-0.15, -0.1) is 11.3 Å². The molecule has 2 aromatic rings. The molecule has 26 heavy (non-hydrogen) atoms. The number of para-hydroxylation sites is 1. The minimum absolute atomic E-state index is 0.128. The van der Waals surface area contributed by atoms with Gasteiger partial charge >= 0.3 is 6.09 Å². The van der Waals surface area contributed by atoms with E-state index in [1.54, 1.807) is 19.1 Å². The highest BCUT2D eigenvalue weighted by atomic mass is 32.1. The van der Waals surface area contributed by atoms with Crippen LogP contribution >= 0.6 is 11.3 Å². The molecule has 2 N–H and O–H groups in total. The Morgan fingerprint density at radius 1 is 1.12 bits per heavy atom. The Morgan fingerprint density at radius 3 is 2.46 bits per heavy atom. The maximum atomic E-state index is 12.3. The summed E-state index contributed by atoms with van der Waals surface area (Å²) in [7, 11) is 1.17. The lowest BCUT2D eigenvalue weighted by Crippen LogP contribution is -2.31. The van der Waals surface area contributed by atoms with E-state index in [2.05, 4.69) is 15.4 Å². The number of thiophene rings is 1. The lowest BCUT2D eigenvalue weighted by Gasteiger charge is -2.08. The molecule has 0 bridgehead atoms. The number of methoxy groups -OCH3 is 1. The van der Waals surface area contributed by atoms with Gasteiger partial charge in [-0.2, -0.15) is 0 Å². The summed E-state index contributed by atoms with van der Waals surface area (Å²) in [5.41, 5.74) is 0.961. The summed E-state index contributed by atoms with van der Waals surface area (Å²) >= 11 is 1.28. The average molecular weight is 376 g/mol. The topological polar surface area (TPSA) is 93.7 Å². The molecular weight excluding hydrogens is 356 g/mol. The zero-order valence-corrected chi connectivity index (χ0v) is 15.6. The van der Waals surface area contributed by atoms with Gasteiger partial charge in [0, 0.05) is 4.88 Å². The summed E-state index contributed by atoms with van der Waals surface area (Å²) in [5, 5.41) is 5.22. The third-order valence-electron chi connectivity index (χ3n) is 3.61. The Bertz CT molecular complexity index is 801. The van der Waals surface area contributed by atoms with Gasteiger partial charge in [0.25, 0.3) is 5.91 Å². The Balaban J connectivity index is 1.99. The lowest BCUT2D eigenvalue weighted by molar-refractivity contribution is -0.116. The van der Waals surface area contributed by atoms with Crippen LogP contribution in [0.1, 0.15) is 27.2 Å². The monoisotopic (exact) mass is 376 g/mol. The number of benzene rings is 1. The summed E-state index contributed by atoms with van der Waals surface area (Å²) in [6, 6.07) is 9.18. The van der Waals surface area contributed by atoms with Crippen LogP contribution in [0.5, 0.6) is 5.75 Å². The van der Waals surface area contributed by atoms with E-state index in [-0.39, 0.29) is 24.5 Å². The van der Waals surface area contributed by atoms with Gasteiger partial charge in [-0.1, -0.05) is 18.2 Å². The van der Waals surface area contributed by atoms with Crippen LogP contribution in [-0.4, -0.2) is 31.6 Å². The SMILES string of the molecule is COC(=O)NC(=O)c1c(NC(=O)CCOc2ccccc2)sc(C)c1C. The third kappa shape index (κ3) is 5.06. The number of nitrogens with one attached hydrogen (secondary N) is 2. The van der Waals surface area contributed by atoms with Crippen molar-refractivity contribution in [3.8, 4) is 5.75 Å². The van der Waals surface area contributed by atoms with Crippen LogP contribution in [0.4, 0.5) is 9.80 Å². The fraction of sp³-hybridized carbons (Fsp3) is 0.278. The second kappa shape index (κ2) is 9.00. The highest BCUT2D eigenvalue weighted by molar-refractivity contribution is 7.16. The first-order chi connectivity index (χ1) is 12.4. The van der Waals surface area contributed by atoms with Crippen molar-refractivity contribution < 1.29 is 23.9 Å². The van der Waals surface area contributed by atoms with E-state index in [9.17, 15) is 14.4 Å². The van der Waals surface area contributed by atoms with Gasteiger partial charge in [0.2, 0.25) is 5.91 Å². The van der Waals surface area contributed by atoms with E-state index >= 15 is 0 Å². The minimum Gasteiger partial charge on any atom is -0.493 e. The van der Waals surface area contributed by atoms with E-state index in [0.29, 0.717) is 16.3 Å². The number of imide groups is 1. The molecule has 7 nitrogen and oxygen atoms in total. The highest BCUT2D eigenvalue weighted by Crippen LogP contribution is 2.32. The maximum Gasteiger partial charge on any atom is 0.413 e. The number of ether oxygens (including phenoxy) is 2. The van der Waals surface area contributed by atoms with Crippen LogP contribution in [-0.2, 0) is 9.53 Å². The predicted molar refractivity (Wildman–Crippen MR) is 98.8 cm³/mol. The number of carbonyl (C=O) groups is 3. The third-order valence-corrected chi connectivity index (χ3v) is 4.73. The largest absolute Gasteiger partial charge is 0.493 e. The van der Waals surface area contributed by atoms with E-state index in [1.165, 1.54) is 18.4 Å². The van der Waals surface area contributed by atoms with E-state index in [0.717, 1.165) is 4.88 Å². The van der Waals surface area contributed by atoms with Crippen molar-refractivity contribution in [3.05, 3.63) is 46.3 Å². The number of hydrogen-bond donors (Lipinski definition) is 2. The summed E-state index contributed by atoms with van der Waals surface area (Å²) in [4.78, 5) is 36.6. The molecule has 0 spiro atoms. The number of rotatable bonds is 6. The van der Waals surface area contributed by atoms with Gasteiger partial charge in [-0.05, 0) is 31.5 Å². The minimum atomic E-state index is -0.855. The average Bonchev–Trinajstić information content (AvgIpc) is 2.89. The second-order valence-corrected chi connectivity index (χ2v) is 6.62. The zero-order chi connectivity index (χ0) is 19.1. The predicted octanol–water partition coefficient (Wildman–Crippen LogP) is 3.27. The summed E-state index contributed by atoms with van der Waals surface area (Å²) < 4.78 is 9.92. The van der Waals surface area contributed by atoms with Crippen molar-refractivity contribution in [2.24, 2.45) is 0 Å². The quantitative estimate of drug-likeness (QED) is 0.807. The molecule has 0 aliphatic heterocycles. The first-order valence-electron chi connectivity index (χ1n) is 7.89. The zero-order valence-electron chi connectivity index (χ0n) is 14.8. The second-order valence-electron chi connectivity index (χ2n) is 5.39. The van der Waals surface area contributed by atoms with E-state index < -0.39 is 12.0 Å². The van der Waals surface area contributed by atoms with Gasteiger partial charge in [0.05, 0.1) is 25.7 Å². The fourth-order valence-electron chi connectivity index (χ4n) is 2.16. The van der Waals surface area contributed by atoms with E-state index in [1.807, 2.05) is 25.1 Å². The van der Waals surface area contributed by atoms with E-state index in [4.69, 9.17) is 4.74 Å². The van der Waals surface area contributed by atoms with Crippen LogP contribution < -0.4 is 15.4 Å². The molecular formula is C18H20N2O5S. The molecule has 0 atom stereocenters. The summed E-state index contributed by atoms with van der Waals surface area (Å²) in [6.45, 7) is 3.80. The van der Waals surface area contributed by atoms with Crippen LogP contribution in [0.2, 0.25) is 0 Å². The maximum absolute atomic E-state index is 12.3. The molecule has 0 aliphatic rings. The Kier molecular flexibility index (Phi) is 6.74. The van der Waals surface area contributed by atoms with Gasteiger partial charge in [0.15, 0.2) is 0 Å². The number of carbonyl (C=O) groups excluding carboxylic acids is 3. The van der Waals surface area contributed by atoms with Crippen LogP contribution in [0, 0.1) is 13.8 Å². The van der Waals surface area contributed by atoms with Crippen molar-refractivity contribution in [2.45, 2.75) is 20.3 Å². The number of anilines is 1. The summed E-state index contributed by atoms with van der Waals surface area (Å²) in [6.07, 6.45) is -0.727. The molecule has 0 radical (unpaired) electrons. The Hall–Kier alpha value is -2.87. The van der Waals surface area contributed by atoms with Crippen LogP contribution in [0.15, 0.2) is 30.3 Å². The van der Waals surface area contributed by atoms with Gasteiger partial charge in [0.1, 0.15) is 10.8 Å². The molecule has 2 rings (SSSR count). The molecule has 1 aromatic heterocycles. The standard InChI is InChI=1S/C18H20N2O5S/c1-11-12(2)26-17(15(11)16(22)20-18(23)24-3)19-14(21)9-10-25-13-7-5-4-6-8-13/h4-8H,9-10H2,1-3H3,(H,19,21)(H,20,22,23).